The van der Waals surface area contributed by atoms with Gasteiger partial charge < -0.3 is 9.47 Å². The van der Waals surface area contributed by atoms with Crippen LogP contribution in [0.3, 0.4) is 0 Å². The van der Waals surface area contributed by atoms with E-state index in [-0.39, 0.29) is 23.9 Å². The molecular formula is C17H18F3N3O. The molecule has 1 amide bonds. The van der Waals surface area contributed by atoms with Crippen molar-refractivity contribution < 1.29 is 18.0 Å². The van der Waals surface area contributed by atoms with E-state index in [9.17, 15) is 18.0 Å². The molecule has 3 rings (SSSR count). The second-order valence-corrected chi connectivity index (χ2v) is 5.98. The molecule has 7 heteroatoms. The van der Waals surface area contributed by atoms with E-state index in [2.05, 4.69) is 4.98 Å². The Bertz CT molecular complexity index is 697. The summed E-state index contributed by atoms with van der Waals surface area (Å²) >= 11 is 0. The van der Waals surface area contributed by atoms with E-state index in [4.69, 9.17) is 0 Å². The number of aromatic nitrogens is 2. The molecule has 1 saturated heterocycles. The predicted octanol–water partition coefficient (Wildman–Crippen LogP) is 3.31. The molecule has 2 heterocycles. The number of likely N-dealkylation sites (tertiary alicyclic amines) is 1. The third kappa shape index (κ3) is 3.60. The molecule has 0 saturated carbocycles. The van der Waals surface area contributed by atoms with Crippen molar-refractivity contribution in [3.8, 4) is 0 Å². The lowest BCUT2D eigenvalue weighted by Crippen LogP contribution is -2.41. The molecule has 0 unspecified atom stereocenters. The highest BCUT2D eigenvalue weighted by Crippen LogP contribution is 2.32. The van der Waals surface area contributed by atoms with Gasteiger partial charge in [-0.25, -0.2) is 4.98 Å². The molecule has 24 heavy (non-hydrogen) atoms. The average Bonchev–Trinajstić information content (AvgIpc) is 3.09. The highest BCUT2D eigenvalue weighted by molar-refractivity contribution is 5.79. The maximum absolute atomic E-state index is 13.1. The number of carbonyl (C=O) groups excluding carboxylic acids is 1. The molecule has 0 spiro atoms. The van der Waals surface area contributed by atoms with Crippen LogP contribution in [-0.2, 0) is 17.4 Å². The van der Waals surface area contributed by atoms with E-state index in [1.165, 1.54) is 18.2 Å². The number of carbonyl (C=O) groups is 1. The summed E-state index contributed by atoms with van der Waals surface area (Å²) in [7, 11) is 0. The Labute approximate surface area is 137 Å². The number of benzene rings is 1. The maximum Gasteiger partial charge on any atom is 0.416 e. The van der Waals surface area contributed by atoms with Gasteiger partial charge in [-0.2, -0.15) is 13.2 Å². The molecule has 0 aliphatic carbocycles. The standard InChI is InChI=1S/C17H18F3N3O/c18-17(19,20)15-6-2-1-4-13(15)10-16(24)22-8-3-5-14(11-22)23-9-7-21-12-23/h1-2,4,6-7,9,12,14H,3,5,8,10-11H2/t14-/m1/s1. The Morgan fingerprint density at radius 3 is 2.79 bits per heavy atom. The van der Waals surface area contributed by atoms with E-state index in [0.29, 0.717) is 13.1 Å². The van der Waals surface area contributed by atoms with Gasteiger partial charge in [-0.05, 0) is 24.5 Å². The SMILES string of the molecule is O=C(Cc1ccccc1C(F)(F)F)N1CCC[C@@H](n2ccnc2)C1. The zero-order valence-corrected chi connectivity index (χ0v) is 13.0. The molecule has 1 aromatic carbocycles. The van der Waals surface area contributed by atoms with Gasteiger partial charge in [-0.15, -0.1) is 0 Å². The Morgan fingerprint density at radius 1 is 1.29 bits per heavy atom. The van der Waals surface area contributed by atoms with Crippen LogP contribution in [0.2, 0.25) is 0 Å². The number of alkyl halides is 3. The minimum Gasteiger partial charge on any atom is -0.340 e. The second kappa shape index (κ2) is 6.67. The van der Waals surface area contributed by atoms with Gasteiger partial charge in [0.05, 0.1) is 24.4 Å². The third-order valence-corrected chi connectivity index (χ3v) is 4.36. The van der Waals surface area contributed by atoms with Gasteiger partial charge in [0, 0.05) is 25.5 Å². The number of amides is 1. The fourth-order valence-electron chi connectivity index (χ4n) is 3.14. The fourth-order valence-corrected chi connectivity index (χ4v) is 3.14. The van der Waals surface area contributed by atoms with E-state index < -0.39 is 11.7 Å². The summed E-state index contributed by atoms with van der Waals surface area (Å²) in [5, 5.41) is 0. The molecule has 4 nitrogen and oxygen atoms in total. The van der Waals surface area contributed by atoms with Crippen molar-refractivity contribution in [3.05, 3.63) is 54.1 Å². The van der Waals surface area contributed by atoms with Crippen LogP contribution in [-0.4, -0.2) is 33.4 Å². The van der Waals surface area contributed by atoms with Crippen LogP contribution in [0.4, 0.5) is 13.2 Å². The monoisotopic (exact) mass is 337 g/mol. The number of imidazole rings is 1. The van der Waals surface area contributed by atoms with Crippen molar-refractivity contribution in [2.45, 2.75) is 31.5 Å². The Hall–Kier alpha value is -2.31. The van der Waals surface area contributed by atoms with E-state index in [0.717, 1.165) is 18.9 Å². The number of piperidine rings is 1. The first kappa shape index (κ1) is 16.5. The molecule has 0 bridgehead atoms. The highest BCUT2D eigenvalue weighted by atomic mass is 19.4. The Kier molecular flexibility index (Phi) is 4.59. The van der Waals surface area contributed by atoms with Crippen LogP contribution < -0.4 is 0 Å². The van der Waals surface area contributed by atoms with Crippen molar-refractivity contribution in [1.29, 1.82) is 0 Å². The lowest BCUT2D eigenvalue weighted by atomic mass is 10.0. The molecule has 128 valence electrons. The summed E-state index contributed by atoms with van der Waals surface area (Å²) in [6.45, 7) is 1.08. The predicted molar refractivity (Wildman–Crippen MR) is 82.2 cm³/mol. The fraction of sp³-hybridized carbons (Fsp3) is 0.412. The van der Waals surface area contributed by atoms with Gasteiger partial charge in [0.1, 0.15) is 0 Å². The van der Waals surface area contributed by atoms with Crippen molar-refractivity contribution in [2.24, 2.45) is 0 Å². The molecular weight excluding hydrogens is 319 g/mol. The van der Waals surface area contributed by atoms with Gasteiger partial charge in [0.15, 0.2) is 0 Å². The van der Waals surface area contributed by atoms with Crippen LogP contribution in [0.15, 0.2) is 43.0 Å². The molecule has 1 atom stereocenters. The van der Waals surface area contributed by atoms with Crippen molar-refractivity contribution in [3.63, 3.8) is 0 Å². The van der Waals surface area contributed by atoms with Gasteiger partial charge in [-0.3, -0.25) is 4.79 Å². The molecule has 1 aromatic heterocycles. The first-order chi connectivity index (χ1) is 11.4. The minimum absolute atomic E-state index is 0.0276. The van der Waals surface area contributed by atoms with E-state index in [1.54, 1.807) is 17.4 Å². The van der Waals surface area contributed by atoms with Gasteiger partial charge >= 0.3 is 6.18 Å². The number of hydrogen-bond acceptors (Lipinski definition) is 2. The first-order valence-corrected chi connectivity index (χ1v) is 7.85. The van der Waals surface area contributed by atoms with Crippen molar-refractivity contribution >= 4 is 5.91 Å². The van der Waals surface area contributed by atoms with Crippen LogP contribution in [0.25, 0.3) is 0 Å². The lowest BCUT2D eigenvalue weighted by Gasteiger charge is -2.33. The molecule has 0 N–H and O–H groups in total. The largest absolute Gasteiger partial charge is 0.416 e. The van der Waals surface area contributed by atoms with Crippen LogP contribution >= 0.6 is 0 Å². The van der Waals surface area contributed by atoms with Gasteiger partial charge in [0.25, 0.3) is 0 Å². The number of nitrogens with zero attached hydrogens (tertiary/aromatic N) is 3. The highest BCUT2D eigenvalue weighted by Gasteiger charge is 2.34. The molecule has 1 aliphatic heterocycles. The van der Waals surface area contributed by atoms with E-state index >= 15 is 0 Å². The zero-order chi connectivity index (χ0) is 17.2. The van der Waals surface area contributed by atoms with Crippen LogP contribution in [0.5, 0.6) is 0 Å². The normalized spacial score (nSPS) is 18.6. The zero-order valence-electron chi connectivity index (χ0n) is 13.0. The number of hydrogen-bond donors (Lipinski definition) is 0. The van der Waals surface area contributed by atoms with E-state index in [1.807, 2.05) is 10.8 Å². The smallest absolute Gasteiger partial charge is 0.340 e. The molecule has 1 fully saturated rings. The summed E-state index contributed by atoms with van der Waals surface area (Å²) in [6.07, 6.45) is 2.31. The van der Waals surface area contributed by atoms with Gasteiger partial charge in [0.2, 0.25) is 5.91 Å². The molecule has 0 radical (unpaired) electrons. The maximum atomic E-state index is 13.1. The molecule has 2 aromatic rings. The van der Waals surface area contributed by atoms with Crippen LogP contribution in [0, 0.1) is 0 Å². The van der Waals surface area contributed by atoms with Crippen molar-refractivity contribution in [2.75, 3.05) is 13.1 Å². The summed E-state index contributed by atoms with van der Waals surface area (Å²) in [5.74, 6) is -0.267. The first-order valence-electron chi connectivity index (χ1n) is 7.85. The van der Waals surface area contributed by atoms with Crippen LogP contribution in [0.1, 0.15) is 30.0 Å². The Balaban J connectivity index is 1.71. The lowest BCUT2D eigenvalue weighted by molar-refractivity contribution is -0.138. The summed E-state index contributed by atoms with van der Waals surface area (Å²) in [5.41, 5.74) is -0.707. The topological polar surface area (TPSA) is 38.1 Å². The second-order valence-electron chi connectivity index (χ2n) is 5.98. The quantitative estimate of drug-likeness (QED) is 0.862. The molecule has 1 aliphatic rings. The summed E-state index contributed by atoms with van der Waals surface area (Å²) in [4.78, 5) is 18.2. The number of halogens is 3. The van der Waals surface area contributed by atoms with Crippen molar-refractivity contribution in [1.82, 2.24) is 14.5 Å². The third-order valence-electron chi connectivity index (χ3n) is 4.36. The summed E-state index contributed by atoms with van der Waals surface area (Å²) in [6, 6.07) is 5.39. The minimum atomic E-state index is -4.45. The van der Waals surface area contributed by atoms with Gasteiger partial charge in [-0.1, -0.05) is 18.2 Å². The Morgan fingerprint density at radius 2 is 2.08 bits per heavy atom. The summed E-state index contributed by atoms with van der Waals surface area (Å²) < 4.78 is 41.1. The number of rotatable bonds is 3. The average molecular weight is 337 g/mol.